The van der Waals surface area contributed by atoms with Gasteiger partial charge in [-0.1, -0.05) is 0 Å². The number of rotatable bonds is 5. The molecule has 2 aromatic heterocycles. The number of anilines is 1. The summed E-state index contributed by atoms with van der Waals surface area (Å²) in [6.07, 6.45) is 0. The van der Waals surface area contributed by atoms with Crippen molar-refractivity contribution >= 4 is 38.6 Å². The molecule has 2 N–H and O–H groups in total. The van der Waals surface area contributed by atoms with Gasteiger partial charge in [-0.05, 0) is 36.4 Å². The van der Waals surface area contributed by atoms with Crippen molar-refractivity contribution in [3.63, 3.8) is 0 Å². The molecule has 0 aliphatic carbocycles. The number of ketones is 1. The van der Waals surface area contributed by atoms with Crippen molar-refractivity contribution in [1.82, 2.24) is 9.78 Å². The molecule has 0 spiro atoms. The second-order valence-electron chi connectivity index (χ2n) is 6.29. The highest BCUT2D eigenvalue weighted by atomic mass is 32.1. The predicted octanol–water partition coefficient (Wildman–Crippen LogP) is 3.18. The molecule has 0 amide bonds. The fourth-order valence-electron chi connectivity index (χ4n) is 3.01. The van der Waals surface area contributed by atoms with E-state index >= 15 is 0 Å². The maximum absolute atomic E-state index is 13.1. The highest BCUT2D eigenvalue weighted by Crippen LogP contribution is 2.29. The van der Waals surface area contributed by atoms with E-state index in [-0.39, 0.29) is 27.3 Å². The van der Waals surface area contributed by atoms with E-state index in [2.05, 4.69) is 5.10 Å². The second kappa shape index (κ2) is 7.41. The Morgan fingerprint density at radius 2 is 1.83 bits per heavy atom. The average molecular weight is 422 g/mol. The van der Waals surface area contributed by atoms with Crippen LogP contribution in [0.25, 0.3) is 16.5 Å². The molecule has 2 heterocycles. The van der Waals surface area contributed by atoms with Gasteiger partial charge in [0, 0.05) is 28.5 Å². The number of thiophene rings is 1. The lowest BCUT2D eigenvalue weighted by molar-refractivity contribution is -0.384. The molecule has 9 nitrogen and oxygen atoms in total. The summed E-state index contributed by atoms with van der Waals surface area (Å²) < 4.78 is 6.24. The van der Waals surface area contributed by atoms with Gasteiger partial charge in [0.2, 0.25) is 5.78 Å². The van der Waals surface area contributed by atoms with Crippen LogP contribution >= 0.6 is 11.3 Å². The van der Waals surface area contributed by atoms with E-state index in [1.54, 1.807) is 29.6 Å². The zero-order valence-corrected chi connectivity index (χ0v) is 16.4. The van der Waals surface area contributed by atoms with E-state index < -0.39 is 16.3 Å². The van der Waals surface area contributed by atoms with Crippen LogP contribution in [0.5, 0.6) is 5.75 Å². The van der Waals surface area contributed by atoms with Gasteiger partial charge in [-0.25, -0.2) is 0 Å². The van der Waals surface area contributed by atoms with Gasteiger partial charge >= 0.3 is 0 Å². The number of carbonyl (C=O) groups excluding carboxylic acids is 1. The number of methoxy groups -OCH3 is 1. The first-order chi connectivity index (χ1) is 14.4. The maximum Gasteiger partial charge on any atom is 0.282 e. The van der Waals surface area contributed by atoms with Crippen LogP contribution in [0, 0.1) is 10.1 Å². The summed E-state index contributed by atoms with van der Waals surface area (Å²) in [6.45, 7) is 0. The number of aromatic nitrogens is 2. The molecular weight excluding hydrogens is 408 g/mol. The third-order valence-electron chi connectivity index (χ3n) is 4.55. The number of hydrogen-bond acceptors (Lipinski definition) is 8. The smallest absolute Gasteiger partial charge is 0.282 e. The summed E-state index contributed by atoms with van der Waals surface area (Å²) in [6, 6.07) is 11.8. The summed E-state index contributed by atoms with van der Waals surface area (Å²) in [5, 5.41) is 17.6. The van der Waals surface area contributed by atoms with Gasteiger partial charge < -0.3 is 10.5 Å². The Labute approximate surface area is 173 Å². The number of nitrogen functional groups attached to an aromatic ring is 1. The molecule has 0 radical (unpaired) electrons. The van der Waals surface area contributed by atoms with Gasteiger partial charge in [0.1, 0.15) is 11.4 Å². The van der Waals surface area contributed by atoms with Crippen LogP contribution in [0.2, 0.25) is 0 Å². The lowest BCUT2D eigenvalue weighted by Crippen LogP contribution is -2.24. The molecule has 2 aromatic carbocycles. The largest absolute Gasteiger partial charge is 0.497 e. The fourth-order valence-corrected chi connectivity index (χ4v) is 3.80. The van der Waals surface area contributed by atoms with Gasteiger partial charge in [0.15, 0.2) is 0 Å². The Balaban J connectivity index is 1.90. The van der Waals surface area contributed by atoms with Gasteiger partial charge in [0.25, 0.3) is 11.2 Å². The van der Waals surface area contributed by atoms with Gasteiger partial charge in [-0.2, -0.15) is 9.78 Å². The first kappa shape index (κ1) is 19.3. The molecule has 0 saturated heterocycles. The highest BCUT2D eigenvalue weighted by Gasteiger charge is 2.22. The van der Waals surface area contributed by atoms with Crippen molar-refractivity contribution < 1.29 is 14.5 Å². The molecule has 0 aliphatic heterocycles. The SMILES string of the molecule is COc1ccc(-n2nc(C(=O)c3ccc([N+](=O)[O-])cc3)c3csc(N)c3c2=O)cc1. The van der Waals surface area contributed by atoms with E-state index in [0.717, 1.165) is 16.0 Å². The van der Waals surface area contributed by atoms with Crippen LogP contribution < -0.4 is 16.0 Å². The summed E-state index contributed by atoms with van der Waals surface area (Å²) in [5.74, 6) is 0.125. The van der Waals surface area contributed by atoms with Crippen molar-refractivity contribution in [2.45, 2.75) is 0 Å². The molecule has 0 unspecified atom stereocenters. The minimum absolute atomic E-state index is 0.0298. The average Bonchev–Trinajstić information content (AvgIpc) is 3.16. The number of carbonyl (C=O) groups is 1. The molecule has 0 atom stereocenters. The van der Waals surface area contributed by atoms with E-state index in [1.165, 1.54) is 31.4 Å². The molecular formula is C20H14N4O5S. The lowest BCUT2D eigenvalue weighted by atomic mass is 10.0. The van der Waals surface area contributed by atoms with Crippen LogP contribution in [0.3, 0.4) is 0 Å². The zero-order chi connectivity index (χ0) is 21.4. The number of ether oxygens (including phenoxy) is 1. The Kier molecular flexibility index (Phi) is 4.76. The second-order valence-corrected chi connectivity index (χ2v) is 7.20. The number of nitrogens with two attached hydrogens (primary N) is 1. The van der Waals surface area contributed by atoms with Gasteiger partial charge in [0.05, 0.1) is 28.1 Å². The van der Waals surface area contributed by atoms with Crippen LogP contribution in [0.4, 0.5) is 10.7 Å². The molecule has 4 rings (SSSR count). The van der Waals surface area contributed by atoms with Crippen LogP contribution in [0.15, 0.2) is 58.7 Å². The Hall–Kier alpha value is -4.05. The zero-order valence-electron chi connectivity index (χ0n) is 15.6. The summed E-state index contributed by atoms with van der Waals surface area (Å²) in [4.78, 5) is 36.5. The summed E-state index contributed by atoms with van der Waals surface area (Å²) >= 11 is 1.14. The Bertz CT molecular complexity index is 1340. The standard InChI is InChI=1S/C20H14N4O5S/c1-29-14-8-6-12(7-9-14)23-20(26)16-15(10-30-19(16)21)17(22-23)18(25)11-2-4-13(5-3-11)24(27)28/h2-10H,21H2,1H3. The monoisotopic (exact) mass is 422 g/mol. The number of hydrogen-bond donors (Lipinski definition) is 1. The molecule has 0 aliphatic rings. The summed E-state index contributed by atoms with van der Waals surface area (Å²) in [7, 11) is 1.53. The van der Waals surface area contributed by atoms with E-state index in [9.17, 15) is 19.7 Å². The lowest BCUT2D eigenvalue weighted by Gasteiger charge is -2.10. The van der Waals surface area contributed by atoms with Crippen molar-refractivity contribution in [1.29, 1.82) is 0 Å². The Morgan fingerprint density at radius 1 is 1.17 bits per heavy atom. The van der Waals surface area contributed by atoms with E-state index in [4.69, 9.17) is 10.5 Å². The number of benzene rings is 2. The fraction of sp³-hybridized carbons (Fsp3) is 0.0500. The minimum Gasteiger partial charge on any atom is -0.497 e. The normalized spacial score (nSPS) is 10.8. The quantitative estimate of drug-likeness (QED) is 0.297. The minimum atomic E-state index is -0.547. The van der Waals surface area contributed by atoms with Crippen molar-refractivity contribution in [2.75, 3.05) is 12.8 Å². The number of nitro groups is 1. The molecule has 0 fully saturated rings. The topological polar surface area (TPSA) is 130 Å². The third kappa shape index (κ3) is 3.18. The number of non-ortho nitro benzene ring substituents is 1. The molecule has 0 saturated carbocycles. The maximum atomic E-state index is 13.1. The third-order valence-corrected chi connectivity index (χ3v) is 5.36. The number of fused-ring (bicyclic) bond motifs is 1. The molecule has 30 heavy (non-hydrogen) atoms. The molecule has 4 aromatic rings. The summed E-state index contributed by atoms with van der Waals surface area (Å²) in [5.41, 5.74) is 6.09. The van der Waals surface area contributed by atoms with Crippen molar-refractivity contribution in [3.8, 4) is 11.4 Å². The van der Waals surface area contributed by atoms with Crippen LogP contribution in [0.1, 0.15) is 16.1 Å². The number of nitro benzene ring substituents is 1. The molecule has 150 valence electrons. The first-order valence-corrected chi connectivity index (χ1v) is 9.52. The Morgan fingerprint density at radius 3 is 2.43 bits per heavy atom. The predicted molar refractivity (Wildman–Crippen MR) is 113 cm³/mol. The number of nitrogens with zero attached hydrogens (tertiary/aromatic N) is 3. The van der Waals surface area contributed by atoms with E-state index in [1.807, 2.05) is 0 Å². The van der Waals surface area contributed by atoms with Crippen molar-refractivity contribution in [2.24, 2.45) is 0 Å². The molecule has 0 bridgehead atoms. The van der Waals surface area contributed by atoms with Gasteiger partial charge in [-0.3, -0.25) is 19.7 Å². The van der Waals surface area contributed by atoms with Crippen LogP contribution in [-0.2, 0) is 0 Å². The van der Waals surface area contributed by atoms with Crippen LogP contribution in [-0.4, -0.2) is 27.6 Å². The van der Waals surface area contributed by atoms with E-state index in [0.29, 0.717) is 16.8 Å². The van der Waals surface area contributed by atoms with Crippen molar-refractivity contribution in [3.05, 3.63) is 85.6 Å². The first-order valence-electron chi connectivity index (χ1n) is 8.64. The molecule has 10 heteroatoms. The van der Waals surface area contributed by atoms with Gasteiger partial charge in [-0.15, -0.1) is 11.3 Å². The highest BCUT2D eigenvalue weighted by molar-refractivity contribution is 7.15.